The van der Waals surface area contributed by atoms with Crippen LogP contribution in [0.2, 0.25) is 0 Å². The smallest absolute Gasteiger partial charge is 0.303 e. The number of carbonyl (C=O) groups is 7. The number of aliphatic hydroxyl groups excluding tert-OH is 1. The predicted molar refractivity (Wildman–Crippen MR) is 140 cm³/mol. The van der Waals surface area contributed by atoms with Gasteiger partial charge in [0.2, 0.25) is 11.8 Å². The number of esters is 5. The molecule has 248 valence electrons. The lowest BCUT2D eigenvalue weighted by atomic mass is 9.94. The van der Waals surface area contributed by atoms with Crippen LogP contribution < -0.4 is 10.6 Å². The minimum atomic E-state index is -1.78. The Morgan fingerprint density at radius 3 is 1.41 bits per heavy atom. The molecule has 0 bridgehead atoms. The van der Waals surface area contributed by atoms with E-state index >= 15 is 0 Å². The van der Waals surface area contributed by atoms with E-state index in [1.807, 2.05) is 0 Å². The van der Waals surface area contributed by atoms with Crippen LogP contribution in [0.1, 0.15) is 48.5 Å². The molecule has 0 saturated carbocycles. The highest BCUT2D eigenvalue weighted by Crippen LogP contribution is 2.33. The Hall–Kier alpha value is -3.87. The van der Waals surface area contributed by atoms with Crippen molar-refractivity contribution in [3.8, 4) is 0 Å². The summed E-state index contributed by atoms with van der Waals surface area (Å²) in [5.41, 5.74) is 0. The third-order valence-corrected chi connectivity index (χ3v) is 6.15. The minimum absolute atomic E-state index is 0.531. The molecule has 0 radical (unpaired) electrons. The summed E-state index contributed by atoms with van der Waals surface area (Å²) < 4.78 is 44.2. The van der Waals surface area contributed by atoms with Gasteiger partial charge < -0.3 is 53.6 Å². The quantitative estimate of drug-likeness (QED) is 0.161. The maximum atomic E-state index is 12.3. The number of rotatable bonds is 11. The normalized spacial score (nSPS) is 31.5. The number of hydrogen-bond acceptors (Lipinski definition) is 16. The molecule has 0 aromatic carbocycles. The zero-order valence-electron chi connectivity index (χ0n) is 25.3. The first kappa shape index (κ1) is 36.3. The van der Waals surface area contributed by atoms with Gasteiger partial charge in [0.25, 0.3) is 0 Å². The van der Waals surface area contributed by atoms with Gasteiger partial charge in [0.1, 0.15) is 43.6 Å². The van der Waals surface area contributed by atoms with Crippen LogP contribution in [-0.4, -0.2) is 121 Å². The van der Waals surface area contributed by atoms with Crippen LogP contribution in [-0.2, 0) is 71.5 Å². The molecule has 3 N–H and O–H groups in total. The molecule has 10 atom stereocenters. The Kier molecular flexibility index (Phi) is 13.4. The topological polar surface area (TPSA) is 238 Å². The Morgan fingerprint density at radius 1 is 0.568 bits per heavy atom. The second-order valence-corrected chi connectivity index (χ2v) is 9.99. The van der Waals surface area contributed by atoms with Crippen molar-refractivity contribution in [2.24, 2.45) is 0 Å². The van der Waals surface area contributed by atoms with Gasteiger partial charge >= 0.3 is 29.8 Å². The van der Waals surface area contributed by atoms with E-state index in [4.69, 9.17) is 37.9 Å². The number of aliphatic hydroxyl groups is 1. The van der Waals surface area contributed by atoms with Crippen molar-refractivity contribution >= 4 is 41.7 Å². The van der Waals surface area contributed by atoms with E-state index in [0.29, 0.717) is 0 Å². The molecule has 2 saturated heterocycles. The van der Waals surface area contributed by atoms with Gasteiger partial charge in [-0.15, -0.1) is 0 Å². The largest absolute Gasteiger partial charge is 0.463 e. The van der Waals surface area contributed by atoms with Crippen LogP contribution in [0.25, 0.3) is 0 Å². The average molecular weight is 635 g/mol. The van der Waals surface area contributed by atoms with Gasteiger partial charge in [0.15, 0.2) is 30.9 Å². The standard InChI is InChI=1S/C26H38N2O16/c1-10(29)27-19-23(40-15(6)34)22(17(42-25(19)36)8-37-12(3)31)44-26-20(28-11(2)30)24(41-16(7)35)21(39-14(5)33)18(43-26)9-38-13(4)32/h17-26,36H,8-9H2,1-7H3,(H,27,29)(H,28,30)/t17-,18-,19-,20-,21+,22-,23-,24-,25+,26+/m1/s1. The Balaban J connectivity index is 2.66. The third kappa shape index (κ3) is 10.7. The van der Waals surface area contributed by atoms with Crippen molar-refractivity contribution < 1.29 is 76.6 Å². The molecular formula is C26H38N2O16. The summed E-state index contributed by atoms with van der Waals surface area (Å²) in [5, 5.41) is 15.6. The van der Waals surface area contributed by atoms with Gasteiger partial charge in [-0.25, -0.2) is 0 Å². The average Bonchev–Trinajstić information content (AvgIpc) is 2.87. The van der Waals surface area contributed by atoms with Crippen molar-refractivity contribution in [1.29, 1.82) is 0 Å². The van der Waals surface area contributed by atoms with Crippen LogP contribution in [0.15, 0.2) is 0 Å². The summed E-state index contributed by atoms with van der Waals surface area (Å²) in [6, 6.07) is -2.83. The molecule has 2 rings (SSSR count). The Labute approximate surface area is 252 Å². The number of nitrogens with one attached hydrogen (secondary N) is 2. The van der Waals surface area contributed by atoms with E-state index in [2.05, 4.69) is 10.6 Å². The predicted octanol–water partition coefficient (Wildman–Crippen LogP) is -2.26. The van der Waals surface area contributed by atoms with E-state index in [1.165, 1.54) is 0 Å². The zero-order chi connectivity index (χ0) is 33.3. The van der Waals surface area contributed by atoms with Crippen LogP contribution in [0.3, 0.4) is 0 Å². The highest BCUT2D eigenvalue weighted by atomic mass is 16.7. The zero-order valence-corrected chi connectivity index (χ0v) is 25.3. The van der Waals surface area contributed by atoms with Crippen molar-refractivity contribution in [2.45, 2.75) is 110 Å². The Bertz CT molecular complexity index is 1100. The maximum Gasteiger partial charge on any atom is 0.303 e. The lowest BCUT2D eigenvalue weighted by Crippen LogP contribution is -2.70. The SMILES string of the molecule is CC(=O)N[C@@H]1[C@@H](OC(C)=O)[C@H](O[C@@H]2O[C@H](COC(C)=O)[C@H](OC(C)=O)[C@H](OC(C)=O)[C@H]2NC(C)=O)[C@@H](COC(C)=O)O[C@@H]1O. The van der Waals surface area contributed by atoms with Gasteiger partial charge in [-0.05, 0) is 0 Å². The fourth-order valence-corrected chi connectivity index (χ4v) is 4.70. The highest BCUT2D eigenvalue weighted by Gasteiger charge is 2.55. The van der Waals surface area contributed by atoms with Crippen LogP contribution in [0.4, 0.5) is 0 Å². The van der Waals surface area contributed by atoms with Crippen LogP contribution in [0, 0.1) is 0 Å². The van der Waals surface area contributed by atoms with Crippen LogP contribution in [0.5, 0.6) is 0 Å². The monoisotopic (exact) mass is 634 g/mol. The Morgan fingerprint density at radius 2 is 0.977 bits per heavy atom. The number of carbonyl (C=O) groups excluding carboxylic acids is 7. The summed E-state index contributed by atoms with van der Waals surface area (Å²) >= 11 is 0. The molecule has 0 aromatic heterocycles. The van der Waals surface area contributed by atoms with E-state index in [9.17, 15) is 38.7 Å². The molecular weight excluding hydrogens is 596 g/mol. The fraction of sp³-hybridized carbons (Fsp3) is 0.731. The molecule has 2 heterocycles. The summed E-state index contributed by atoms with van der Waals surface area (Å²) in [5.74, 6) is -5.31. The first-order valence-electron chi connectivity index (χ1n) is 13.5. The van der Waals surface area contributed by atoms with E-state index in [1.54, 1.807) is 0 Å². The van der Waals surface area contributed by atoms with Gasteiger partial charge in [-0.1, -0.05) is 0 Å². The summed E-state index contributed by atoms with van der Waals surface area (Å²) in [4.78, 5) is 83.8. The number of hydrogen-bond donors (Lipinski definition) is 3. The second-order valence-electron chi connectivity index (χ2n) is 9.99. The summed E-state index contributed by atoms with van der Waals surface area (Å²) in [7, 11) is 0. The minimum Gasteiger partial charge on any atom is -0.463 e. The van der Waals surface area contributed by atoms with Gasteiger partial charge in [-0.3, -0.25) is 33.6 Å². The first-order chi connectivity index (χ1) is 20.5. The molecule has 44 heavy (non-hydrogen) atoms. The molecule has 18 heteroatoms. The van der Waals surface area contributed by atoms with E-state index in [-0.39, 0.29) is 0 Å². The van der Waals surface area contributed by atoms with Crippen molar-refractivity contribution in [3.63, 3.8) is 0 Å². The number of amides is 2. The van der Waals surface area contributed by atoms with Gasteiger partial charge in [-0.2, -0.15) is 0 Å². The van der Waals surface area contributed by atoms with Crippen molar-refractivity contribution in [1.82, 2.24) is 10.6 Å². The molecule has 0 unspecified atom stereocenters. The maximum absolute atomic E-state index is 12.3. The lowest BCUT2D eigenvalue weighted by molar-refractivity contribution is -0.330. The van der Waals surface area contributed by atoms with Crippen molar-refractivity contribution in [3.05, 3.63) is 0 Å². The van der Waals surface area contributed by atoms with Crippen molar-refractivity contribution in [2.75, 3.05) is 13.2 Å². The summed E-state index contributed by atoms with van der Waals surface area (Å²) in [6.07, 6.45) is -12.1. The second kappa shape index (κ2) is 16.3. The molecule has 0 spiro atoms. The molecule has 2 fully saturated rings. The van der Waals surface area contributed by atoms with Gasteiger partial charge in [0.05, 0.1) is 0 Å². The first-order valence-corrected chi connectivity index (χ1v) is 13.5. The molecule has 2 amide bonds. The molecule has 2 aliphatic rings. The molecule has 18 nitrogen and oxygen atoms in total. The summed E-state index contributed by atoms with van der Waals surface area (Å²) in [6.45, 7) is 6.58. The highest BCUT2D eigenvalue weighted by molar-refractivity contribution is 5.74. The van der Waals surface area contributed by atoms with Crippen LogP contribution >= 0.6 is 0 Å². The van der Waals surface area contributed by atoms with E-state index < -0.39 is 116 Å². The molecule has 0 aliphatic carbocycles. The molecule has 0 aromatic rings. The molecule has 2 aliphatic heterocycles. The van der Waals surface area contributed by atoms with E-state index in [0.717, 1.165) is 48.5 Å². The lowest BCUT2D eigenvalue weighted by Gasteiger charge is -2.49. The van der Waals surface area contributed by atoms with Gasteiger partial charge in [0, 0.05) is 48.5 Å². The number of ether oxygens (including phenoxy) is 8. The fourth-order valence-electron chi connectivity index (χ4n) is 4.70. The third-order valence-electron chi connectivity index (χ3n) is 6.15.